The van der Waals surface area contributed by atoms with Gasteiger partial charge in [-0.05, 0) is 41.5 Å². The summed E-state index contributed by atoms with van der Waals surface area (Å²) in [6.07, 6.45) is 4.25. The van der Waals surface area contributed by atoms with Crippen LogP contribution in [0.25, 0.3) is 10.8 Å². The first kappa shape index (κ1) is 14.0. The Hall–Kier alpha value is -1.67. The van der Waals surface area contributed by atoms with Crippen LogP contribution >= 0.6 is 0 Å². The van der Waals surface area contributed by atoms with Crippen LogP contribution in [0.5, 0.6) is 0 Å². The Morgan fingerprint density at radius 1 is 1.14 bits per heavy atom. The number of hydrogen-bond acceptors (Lipinski definition) is 2. The number of ether oxygens (including phenoxy) is 1. The first-order chi connectivity index (χ1) is 10.8. The van der Waals surface area contributed by atoms with Crippen molar-refractivity contribution in [2.24, 2.45) is 5.92 Å². The highest BCUT2D eigenvalue weighted by atomic mass is 16.5. The molecule has 2 aromatic rings. The van der Waals surface area contributed by atoms with Gasteiger partial charge in [-0.15, -0.1) is 0 Å². The molecule has 2 fully saturated rings. The maximum Gasteiger partial charge on any atom is 0.138 e. The van der Waals surface area contributed by atoms with E-state index in [0.717, 1.165) is 19.3 Å². The molecule has 2 heterocycles. The molecule has 0 aliphatic carbocycles. The van der Waals surface area contributed by atoms with Crippen LogP contribution in [0, 0.1) is 5.92 Å². The van der Waals surface area contributed by atoms with Crippen molar-refractivity contribution >= 4 is 16.6 Å². The molecule has 0 saturated carbocycles. The fourth-order valence-corrected chi connectivity index (χ4v) is 4.31. The average molecular weight is 294 g/mol. The van der Waals surface area contributed by atoms with Gasteiger partial charge in [0.15, 0.2) is 0 Å². The van der Waals surface area contributed by atoms with E-state index in [9.17, 15) is 4.79 Å². The zero-order chi connectivity index (χ0) is 15.1. The van der Waals surface area contributed by atoms with Crippen LogP contribution in [-0.4, -0.2) is 18.0 Å². The van der Waals surface area contributed by atoms with Gasteiger partial charge in [0.05, 0.1) is 18.1 Å². The second kappa shape index (κ2) is 5.51. The van der Waals surface area contributed by atoms with Gasteiger partial charge in [0.1, 0.15) is 5.78 Å². The van der Waals surface area contributed by atoms with E-state index in [1.807, 2.05) is 6.92 Å². The third-order valence-electron chi connectivity index (χ3n) is 5.41. The molecule has 2 bridgehead atoms. The number of fused-ring (bicyclic) bond motifs is 3. The summed E-state index contributed by atoms with van der Waals surface area (Å²) in [7, 11) is 0. The van der Waals surface area contributed by atoms with E-state index in [-0.39, 0.29) is 12.0 Å². The van der Waals surface area contributed by atoms with Gasteiger partial charge >= 0.3 is 0 Å². The van der Waals surface area contributed by atoms with E-state index >= 15 is 0 Å². The quantitative estimate of drug-likeness (QED) is 0.835. The van der Waals surface area contributed by atoms with E-state index < -0.39 is 0 Å². The smallest absolute Gasteiger partial charge is 0.138 e. The van der Waals surface area contributed by atoms with Crippen molar-refractivity contribution in [1.29, 1.82) is 0 Å². The van der Waals surface area contributed by atoms with Gasteiger partial charge in [-0.1, -0.05) is 49.4 Å². The first-order valence-corrected chi connectivity index (χ1v) is 8.43. The number of benzene rings is 2. The highest BCUT2D eigenvalue weighted by Gasteiger charge is 2.46. The molecule has 22 heavy (non-hydrogen) atoms. The predicted octanol–water partition coefficient (Wildman–Crippen LogP) is 4.47. The van der Waals surface area contributed by atoms with E-state index in [1.54, 1.807) is 0 Å². The van der Waals surface area contributed by atoms with Crippen molar-refractivity contribution < 1.29 is 9.53 Å². The van der Waals surface area contributed by atoms with Crippen molar-refractivity contribution in [3.8, 4) is 0 Å². The number of rotatable bonds is 3. The summed E-state index contributed by atoms with van der Waals surface area (Å²) in [6, 6.07) is 15.1. The lowest BCUT2D eigenvalue weighted by Crippen LogP contribution is -2.38. The van der Waals surface area contributed by atoms with E-state index in [1.165, 1.54) is 16.3 Å². The maximum atomic E-state index is 12.5. The van der Waals surface area contributed by atoms with Crippen molar-refractivity contribution in [1.82, 2.24) is 0 Å². The number of ketones is 1. The average Bonchev–Trinajstić information content (AvgIpc) is 2.95. The molecule has 0 spiro atoms. The number of hydrogen-bond donors (Lipinski definition) is 0. The topological polar surface area (TPSA) is 26.3 Å². The first-order valence-electron chi connectivity index (χ1n) is 8.43. The largest absolute Gasteiger partial charge is 0.374 e. The summed E-state index contributed by atoms with van der Waals surface area (Å²) in [5, 5.41) is 2.53. The molecule has 4 rings (SSSR count). The molecule has 114 valence electrons. The van der Waals surface area contributed by atoms with Crippen molar-refractivity contribution in [3.05, 3.63) is 48.0 Å². The zero-order valence-corrected chi connectivity index (χ0v) is 13.0. The molecule has 0 amide bonds. The molecule has 1 unspecified atom stereocenters. The second-order valence-corrected chi connectivity index (χ2v) is 6.67. The third-order valence-corrected chi connectivity index (χ3v) is 5.41. The molecule has 0 N–H and O–H groups in total. The normalized spacial score (nSPS) is 30.6. The lowest BCUT2D eigenvalue weighted by Gasteiger charge is -2.36. The summed E-state index contributed by atoms with van der Waals surface area (Å²) in [5.74, 6) is 0.733. The summed E-state index contributed by atoms with van der Waals surface area (Å²) < 4.78 is 6.05. The highest BCUT2D eigenvalue weighted by Crippen LogP contribution is 2.46. The molecule has 0 aromatic heterocycles. The van der Waals surface area contributed by atoms with Crippen molar-refractivity contribution in [2.75, 3.05) is 0 Å². The van der Waals surface area contributed by atoms with E-state index in [0.29, 0.717) is 24.2 Å². The monoisotopic (exact) mass is 294 g/mol. The van der Waals surface area contributed by atoms with Gasteiger partial charge in [-0.3, -0.25) is 4.79 Å². The van der Waals surface area contributed by atoms with E-state index in [2.05, 4.69) is 42.5 Å². The van der Waals surface area contributed by atoms with Crippen molar-refractivity contribution in [3.63, 3.8) is 0 Å². The lowest BCUT2D eigenvalue weighted by atomic mass is 9.76. The van der Waals surface area contributed by atoms with Gasteiger partial charge < -0.3 is 4.74 Å². The molecule has 0 radical (unpaired) electrons. The minimum atomic E-state index is 0.0462. The van der Waals surface area contributed by atoms with E-state index in [4.69, 9.17) is 4.74 Å². The zero-order valence-electron chi connectivity index (χ0n) is 13.0. The van der Waals surface area contributed by atoms with Crippen LogP contribution in [0.3, 0.4) is 0 Å². The maximum absolute atomic E-state index is 12.5. The van der Waals surface area contributed by atoms with Crippen LogP contribution < -0.4 is 0 Å². The minimum absolute atomic E-state index is 0.0462. The van der Waals surface area contributed by atoms with Crippen molar-refractivity contribution in [2.45, 2.75) is 50.7 Å². The Kier molecular flexibility index (Phi) is 3.50. The molecule has 2 aliphatic heterocycles. The Morgan fingerprint density at radius 2 is 1.95 bits per heavy atom. The molecular formula is C20H22O2. The van der Waals surface area contributed by atoms with Gasteiger partial charge in [0, 0.05) is 6.42 Å². The third kappa shape index (κ3) is 2.26. The summed E-state index contributed by atoms with van der Waals surface area (Å²) in [5.41, 5.74) is 1.31. The van der Waals surface area contributed by atoms with Gasteiger partial charge in [-0.25, -0.2) is 0 Å². The highest BCUT2D eigenvalue weighted by molar-refractivity contribution is 5.85. The van der Waals surface area contributed by atoms with Crippen LogP contribution in [-0.2, 0) is 9.53 Å². The van der Waals surface area contributed by atoms with Crippen LogP contribution in [0.15, 0.2) is 42.5 Å². The Labute approximate surface area is 131 Å². The molecule has 2 aliphatic rings. The van der Waals surface area contributed by atoms with Crippen LogP contribution in [0.2, 0.25) is 0 Å². The van der Waals surface area contributed by atoms with Gasteiger partial charge in [-0.2, -0.15) is 0 Å². The van der Waals surface area contributed by atoms with Gasteiger partial charge in [0.2, 0.25) is 0 Å². The molecular weight excluding hydrogens is 272 g/mol. The predicted molar refractivity (Wildman–Crippen MR) is 88.0 cm³/mol. The number of carbonyl (C=O) groups is 1. The van der Waals surface area contributed by atoms with Gasteiger partial charge in [0.25, 0.3) is 0 Å². The number of carbonyl (C=O) groups excluding carboxylic acids is 1. The van der Waals surface area contributed by atoms with Crippen LogP contribution in [0.1, 0.15) is 44.1 Å². The SMILES string of the molecule is CCC(=O)[C@H]1[C@@H](c2ccc3ccccc3c2)CC2CC[C@H]1O2. The molecule has 4 atom stereocenters. The molecule has 2 aromatic carbocycles. The summed E-state index contributed by atoms with van der Waals surface area (Å²) in [4.78, 5) is 12.5. The Bertz CT molecular complexity index is 706. The molecule has 2 heteroatoms. The fourth-order valence-electron chi connectivity index (χ4n) is 4.31. The second-order valence-electron chi connectivity index (χ2n) is 6.67. The minimum Gasteiger partial charge on any atom is -0.374 e. The Morgan fingerprint density at radius 3 is 2.77 bits per heavy atom. The Balaban J connectivity index is 1.75. The standard InChI is InChI=1S/C20H22O2/c1-2-18(21)20-17(12-16-9-10-19(20)22-16)15-8-7-13-5-3-4-6-14(13)11-15/h3-8,11,16-17,19-20H,2,9-10,12H2,1H3/t16?,17-,19-,20-/m1/s1. The summed E-state index contributed by atoms with van der Waals surface area (Å²) >= 11 is 0. The molecule has 2 nitrogen and oxygen atoms in total. The summed E-state index contributed by atoms with van der Waals surface area (Å²) in [6.45, 7) is 1.97. The lowest BCUT2D eigenvalue weighted by molar-refractivity contribution is -0.133. The number of Topliss-reactive ketones (excluding diaryl/α,β-unsaturated/α-hetero) is 1. The van der Waals surface area contributed by atoms with Crippen LogP contribution in [0.4, 0.5) is 0 Å². The fraction of sp³-hybridized carbons (Fsp3) is 0.450. The molecule has 2 saturated heterocycles.